The summed E-state index contributed by atoms with van der Waals surface area (Å²) in [5.74, 6) is 257. The number of hydrogen-bond acceptors (Lipinski definition) is 0. The van der Waals surface area contributed by atoms with Crippen molar-refractivity contribution in [3.8, 4) is 616 Å². The fourth-order valence-corrected chi connectivity index (χ4v) is 3.19. The van der Waals surface area contributed by atoms with Crippen LogP contribution in [0.3, 0.4) is 0 Å². The van der Waals surface area contributed by atoms with Gasteiger partial charge in [-0.25, -0.2) is 11.8 Å². The predicted octanol–water partition coefficient (Wildman–Crippen LogP) is 0.339. The fraction of sp³-hybridized carbons (Fsp3) is 0. The SMILES string of the molecule is [C-]#CC#CC#CC#CC#CC#CC#CC#CC#CC#CC#CC#CC#CC#CC#CC#CC#CC#CC#CC#CC#CC#CC#CC#CC#CC#CC#CC#CC#CC#CC#CC#CC#CC#CC#CC#CC#CC#CC#CC#CC#CC#CC#CC#CC#CC#CC#CC#CC#CC#CC#CC#CC#[C-]. The first-order chi connectivity index (χ1) is 52.9. The molecule has 426 valence electrons. The maximum atomic E-state index is 6.59. The van der Waals surface area contributed by atoms with Crippen molar-refractivity contribution in [2.75, 3.05) is 0 Å². The van der Waals surface area contributed by atoms with E-state index >= 15 is 0 Å². The molecule has 0 N–H and O–H groups in total. The van der Waals surface area contributed by atoms with Crippen LogP contribution in [0.2, 0.25) is 0 Å². The van der Waals surface area contributed by atoms with Gasteiger partial charge in [0.25, 0.3) is 0 Å². The molecule has 0 aromatic rings. The zero-order chi connectivity index (χ0) is 75.5. The topological polar surface area (TPSA) is 0 Å². The summed E-state index contributed by atoms with van der Waals surface area (Å²) in [4.78, 5) is 0. The van der Waals surface area contributed by atoms with Gasteiger partial charge >= 0.3 is 0 Å². The van der Waals surface area contributed by atoms with E-state index in [0.29, 0.717) is 0 Å². The Hall–Kier alpha value is -23.3. The fourth-order valence-electron chi connectivity index (χ4n) is 3.19. The summed E-state index contributed by atoms with van der Waals surface area (Å²) in [6.45, 7) is 0. The Bertz CT molecular complexity index is 7110. The van der Waals surface area contributed by atoms with Crippen molar-refractivity contribution in [3.05, 3.63) is 12.8 Å². The highest BCUT2D eigenvalue weighted by Crippen LogP contribution is 1.68. The van der Waals surface area contributed by atoms with Crippen LogP contribution in [0.25, 0.3) is 0 Å². The van der Waals surface area contributed by atoms with Gasteiger partial charge in [-0.15, -0.1) is 11.8 Å². The molecule has 0 aliphatic rings. The van der Waals surface area contributed by atoms with Crippen LogP contribution in [-0.2, 0) is 0 Å². The second-order valence-electron chi connectivity index (χ2n) is 13.0. The third-order valence-corrected chi connectivity index (χ3v) is 6.44. The predicted molar refractivity (Wildman–Crippen MR) is 411 cm³/mol. The Morgan fingerprint density at radius 1 is 0.0472 bits per heavy atom. The molecule has 0 atom stereocenters. The van der Waals surface area contributed by atoms with Crippen LogP contribution in [0.1, 0.15) is 0 Å². The molecule has 0 unspecified atom stereocenters. The van der Waals surface area contributed by atoms with E-state index in [2.05, 4.69) is 604 Å². The molecule has 0 saturated carbocycles. The molecule has 0 spiro atoms. The quantitative estimate of drug-likeness (QED) is 0.243. The second-order valence-corrected chi connectivity index (χ2v) is 13.0. The summed E-state index contributed by atoms with van der Waals surface area (Å²) in [5, 5.41) is 0. The average molecular weight is 1270 g/mol. The van der Waals surface area contributed by atoms with Gasteiger partial charge in [0.1, 0.15) is 0 Å². The molecule has 0 aliphatic carbocycles. The van der Waals surface area contributed by atoms with Crippen molar-refractivity contribution in [1.29, 1.82) is 0 Å². The lowest BCUT2D eigenvalue weighted by molar-refractivity contribution is 2.31. The van der Waals surface area contributed by atoms with E-state index in [1.54, 1.807) is 0 Å². The highest BCUT2D eigenvalue weighted by atomic mass is 13.7. The minimum Gasteiger partial charge on any atom is -0.358 e. The first-order valence-electron chi connectivity index (χ1n) is 26.2. The zero-order valence-corrected chi connectivity index (χ0v) is 53.0. The van der Waals surface area contributed by atoms with Crippen molar-refractivity contribution in [2.24, 2.45) is 0 Å². The van der Waals surface area contributed by atoms with E-state index < -0.39 is 0 Å². The summed E-state index contributed by atoms with van der Waals surface area (Å²) in [6, 6.07) is 0. The van der Waals surface area contributed by atoms with Gasteiger partial charge in [-0.1, -0.05) is 0 Å². The summed E-state index contributed by atoms with van der Waals surface area (Å²) in [6.07, 6.45) is 13.2. The average Bonchev–Trinajstić information content (AvgIpc) is 3.85. The van der Waals surface area contributed by atoms with Gasteiger partial charge in [-0.05, 0) is 94.7 Å². The Labute approximate surface area is 624 Å². The van der Waals surface area contributed by atoms with E-state index in [1.807, 2.05) is 11.8 Å². The molecular formula is C106-2. The molecule has 0 heterocycles. The molecule has 0 saturated heterocycles. The lowest BCUT2D eigenvalue weighted by Gasteiger charge is -1.63. The molecule has 0 nitrogen and oxygen atoms in total. The van der Waals surface area contributed by atoms with E-state index in [9.17, 15) is 0 Å². The normalized spacial score (nSPS) is 3.94. The van der Waals surface area contributed by atoms with Crippen molar-refractivity contribution < 1.29 is 0 Å². The lowest BCUT2D eigenvalue weighted by Crippen LogP contribution is -1.57. The summed E-state index contributed by atoms with van der Waals surface area (Å²) >= 11 is 0. The van der Waals surface area contributed by atoms with Crippen molar-refractivity contribution >= 4 is 0 Å². The Morgan fingerprint density at radius 2 is 0.0755 bits per heavy atom. The van der Waals surface area contributed by atoms with Crippen LogP contribution >= 0.6 is 0 Å². The smallest absolute Gasteiger partial charge is 0 e. The summed E-state index contributed by atoms with van der Waals surface area (Å²) in [5.41, 5.74) is 0. The van der Waals surface area contributed by atoms with Gasteiger partial charge in [0.2, 0.25) is 0 Å². The van der Waals surface area contributed by atoms with Crippen LogP contribution in [-0.4, -0.2) is 0 Å². The van der Waals surface area contributed by atoms with Crippen molar-refractivity contribution in [3.63, 3.8) is 0 Å². The minimum atomic E-state index is 1.87. The first kappa shape index (κ1) is 82.7. The molecule has 0 aliphatic heterocycles. The largest absolute Gasteiger partial charge is 0.358 e. The van der Waals surface area contributed by atoms with E-state index in [-0.39, 0.29) is 0 Å². The molecule has 0 aromatic carbocycles. The third-order valence-electron chi connectivity index (χ3n) is 6.44. The number of rotatable bonds is 0. The molecule has 0 amide bonds. The Morgan fingerprint density at radius 3 is 0.104 bits per heavy atom. The van der Waals surface area contributed by atoms with Crippen LogP contribution in [0.15, 0.2) is 0 Å². The molecule has 0 rings (SSSR count). The molecule has 106 heavy (non-hydrogen) atoms. The highest BCUT2D eigenvalue weighted by molar-refractivity contribution is 5.56. The monoisotopic (exact) mass is 1270 g/mol. The maximum absolute atomic E-state index is 6.59. The van der Waals surface area contributed by atoms with Gasteiger partial charge in [-0.3, -0.25) is 11.8 Å². The van der Waals surface area contributed by atoms with E-state index in [1.165, 1.54) is 0 Å². The zero-order valence-electron chi connectivity index (χ0n) is 53.0. The van der Waals surface area contributed by atoms with Gasteiger partial charge in [0.05, 0.1) is 0 Å². The number of hydrogen-bond donors (Lipinski definition) is 0. The maximum Gasteiger partial charge on any atom is 0 e. The lowest BCUT2D eigenvalue weighted by atomic mass is 10.4. The van der Waals surface area contributed by atoms with Gasteiger partial charge in [0, 0.05) is 485 Å². The molecule has 0 bridgehead atoms. The van der Waals surface area contributed by atoms with Gasteiger partial charge in [0.15, 0.2) is 0 Å². The molecular weight excluding hydrogens is 1270 g/mol. The third kappa shape index (κ3) is 80.7. The van der Waals surface area contributed by atoms with Crippen LogP contribution in [0.4, 0.5) is 0 Å². The first-order valence-corrected chi connectivity index (χ1v) is 26.2. The molecule has 0 fully saturated rings. The van der Waals surface area contributed by atoms with Gasteiger partial charge < -0.3 is 12.8 Å². The van der Waals surface area contributed by atoms with Crippen LogP contribution in [0, 0.1) is 629 Å². The van der Waals surface area contributed by atoms with Crippen LogP contribution in [0.5, 0.6) is 0 Å². The summed E-state index contributed by atoms with van der Waals surface area (Å²) in [7, 11) is 0. The second kappa shape index (κ2) is 81.7. The van der Waals surface area contributed by atoms with Gasteiger partial charge in [-0.2, -0.15) is 0 Å². The van der Waals surface area contributed by atoms with Crippen LogP contribution < -0.4 is 0 Å². The minimum absolute atomic E-state index is 1.87. The highest BCUT2D eigenvalue weighted by Gasteiger charge is 1.67. The van der Waals surface area contributed by atoms with Crippen molar-refractivity contribution in [1.82, 2.24) is 0 Å². The van der Waals surface area contributed by atoms with E-state index in [4.69, 9.17) is 12.8 Å². The van der Waals surface area contributed by atoms with E-state index in [0.717, 1.165) is 0 Å². The summed E-state index contributed by atoms with van der Waals surface area (Å²) < 4.78 is 0. The standard InChI is InChI=1S/C106/c1-3-5-7-9-11-13-15-17-19-21-23-25-27-29-31-33-35-37-39-41-43-45-47-49-51-53-55-57-59-61-63-65-67-69-71-73-75-77-79-81-83-85-87-89-91-93-95-97-99-101-103-105-106-104-102-100-98-96-94-92-90-88-86-84-82-80-78-76-74-72-70-68-66-64-62-60-58-56-54-52-50-48-46-44-42-40-38-36-34-32-30-28-26-24-22-20-18-16-14-12-10-8-6-4-2/q-2. The Balaban J connectivity index is 4.64. The molecule has 0 radical (unpaired) electrons. The molecule has 0 heteroatoms. The Kier molecular flexibility index (Phi) is 63.7. The van der Waals surface area contributed by atoms with Crippen molar-refractivity contribution in [2.45, 2.75) is 0 Å². The molecule has 0 aromatic heterocycles.